The fourth-order valence-electron chi connectivity index (χ4n) is 1.62. The first-order chi connectivity index (χ1) is 7.76. The summed E-state index contributed by atoms with van der Waals surface area (Å²) in [6, 6.07) is -0.995. The minimum atomic E-state index is -1.12. The van der Waals surface area contributed by atoms with Crippen LogP contribution in [0.1, 0.15) is 33.6 Å². The van der Waals surface area contributed by atoms with Gasteiger partial charge in [-0.25, -0.2) is 9.59 Å². The van der Waals surface area contributed by atoms with Gasteiger partial charge in [0, 0.05) is 6.42 Å². The Morgan fingerprint density at radius 1 is 1.47 bits per heavy atom. The molecule has 0 radical (unpaired) electrons. The van der Waals surface area contributed by atoms with E-state index in [0.717, 1.165) is 4.90 Å². The Morgan fingerprint density at radius 3 is 2.53 bits per heavy atom. The van der Waals surface area contributed by atoms with E-state index >= 15 is 0 Å². The highest BCUT2D eigenvalue weighted by Gasteiger charge is 2.41. The van der Waals surface area contributed by atoms with Crippen LogP contribution < -0.4 is 0 Å². The van der Waals surface area contributed by atoms with Crippen molar-refractivity contribution in [1.82, 2.24) is 4.90 Å². The number of rotatable bonds is 3. The first kappa shape index (κ1) is 13.8. The third kappa shape index (κ3) is 3.33. The molecule has 0 aliphatic carbocycles. The van der Waals surface area contributed by atoms with Gasteiger partial charge < -0.3 is 14.9 Å². The lowest BCUT2D eigenvalue weighted by atomic mass is 10.1. The van der Waals surface area contributed by atoms with Crippen molar-refractivity contribution in [1.29, 1.82) is 0 Å². The molecule has 0 aromatic heterocycles. The molecule has 2 N–H and O–H groups in total. The number of carbonyl (C=O) groups is 2. The first-order valence-electron chi connectivity index (χ1n) is 5.67. The van der Waals surface area contributed by atoms with E-state index < -0.39 is 29.8 Å². The summed E-state index contributed by atoms with van der Waals surface area (Å²) in [6.45, 7) is 5.40. The van der Waals surface area contributed by atoms with E-state index in [9.17, 15) is 14.7 Å². The zero-order chi connectivity index (χ0) is 13.2. The van der Waals surface area contributed by atoms with Gasteiger partial charge in [-0.15, -0.1) is 0 Å². The number of hydrogen-bond acceptors (Lipinski definition) is 4. The van der Waals surface area contributed by atoms with Crippen LogP contribution in [0, 0.1) is 0 Å². The van der Waals surface area contributed by atoms with Gasteiger partial charge in [-0.1, -0.05) is 6.92 Å². The summed E-state index contributed by atoms with van der Waals surface area (Å²) in [6.07, 6.45) is -0.793. The van der Waals surface area contributed by atoms with Gasteiger partial charge in [0.1, 0.15) is 11.6 Å². The Balaban J connectivity index is 2.71. The van der Waals surface area contributed by atoms with Gasteiger partial charge in [-0.2, -0.15) is 0 Å². The standard InChI is InChI=1S/C11H19NO5/c1-4-11(2,3)17-10(16)12-6-7(13)5-8(12)9(14)15/h7-8,13H,4-6H2,1-3H3,(H,14,15)/t7?,8-/m0/s1. The van der Waals surface area contributed by atoms with Gasteiger partial charge >= 0.3 is 12.1 Å². The number of nitrogens with zero attached hydrogens (tertiary/aromatic N) is 1. The van der Waals surface area contributed by atoms with Crippen LogP contribution in [-0.2, 0) is 9.53 Å². The van der Waals surface area contributed by atoms with Gasteiger partial charge in [0.05, 0.1) is 12.6 Å². The number of ether oxygens (including phenoxy) is 1. The molecule has 0 saturated carbocycles. The lowest BCUT2D eigenvalue weighted by Crippen LogP contribution is -2.44. The molecule has 0 spiro atoms. The predicted molar refractivity (Wildman–Crippen MR) is 59.6 cm³/mol. The lowest BCUT2D eigenvalue weighted by molar-refractivity contribution is -0.142. The van der Waals surface area contributed by atoms with Gasteiger partial charge in [-0.3, -0.25) is 4.90 Å². The largest absolute Gasteiger partial charge is 0.480 e. The minimum Gasteiger partial charge on any atom is -0.480 e. The Labute approximate surface area is 100 Å². The normalized spacial score (nSPS) is 24.8. The Kier molecular flexibility index (Phi) is 3.98. The van der Waals surface area contributed by atoms with Crippen molar-refractivity contribution in [2.24, 2.45) is 0 Å². The maximum absolute atomic E-state index is 11.8. The summed E-state index contributed by atoms with van der Waals surface area (Å²) in [4.78, 5) is 23.8. The number of carboxylic acids is 1. The molecule has 98 valence electrons. The Hall–Kier alpha value is -1.30. The van der Waals surface area contributed by atoms with Gasteiger partial charge in [0.2, 0.25) is 0 Å². The lowest BCUT2D eigenvalue weighted by Gasteiger charge is -2.28. The van der Waals surface area contributed by atoms with Gasteiger partial charge in [-0.05, 0) is 20.3 Å². The maximum Gasteiger partial charge on any atom is 0.411 e. The monoisotopic (exact) mass is 245 g/mol. The van der Waals surface area contributed by atoms with Crippen LogP contribution in [0.25, 0.3) is 0 Å². The predicted octanol–water partition coefficient (Wildman–Crippen LogP) is 0.831. The summed E-state index contributed by atoms with van der Waals surface area (Å²) in [7, 11) is 0. The molecule has 1 saturated heterocycles. The van der Waals surface area contributed by atoms with Crippen molar-refractivity contribution in [2.45, 2.75) is 51.4 Å². The number of carbonyl (C=O) groups excluding carboxylic acids is 1. The molecule has 17 heavy (non-hydrogen) atoms. The smallest absolute Gasteiger partial charge is 0.411 e. The molecule has 2 atom stereocenters. The molecular formula is C11H19NO5. The SMILES string of the molecule is CCC(C)(C)OC(=O)N1CC(O)C[C@H]1C(=O)O. The Morgan fingerprint density at radius 2 is 2.06 bits per heavy atom. The zero-order valence-electron chi connectivity index (χ0n) is 10.3. The molecule has 1 fully saturated rings. The van der Waals surface area contributed by atoms with Gasteiger partial charge in [0.25, 0.3) is 0 Å². The highest BCUT2D eigenvalue weighted by Crippen LogP contribution is 2.22. The van der Waals surface area contributed by atoms with E-state index in [1.165, 1.54) is 0 Å². The molecule has 6 heteroatoms. The van der Waals surface area contributed by atoms with Crippen LogP contribution in [-0.4, -0.2) is 51.5 Å². The first-order valence-corrected chi connectivity index (χ1v) is 5.67. The number of aliphatic hydroxyl groups excluding tert-OH is 1. The van der Waals surface area contributed by atoms with E-state index in [1.807, 2.05) is 6.92 Å². The molecule has 1 rings (SSSR count). The summed E-state index contributed by atoms with van der Waals surface area (Å²) < 4.78 is 5.21. The fraction of sp³-hybridized carbons (Fsp3) is 0.818. The number of aliphatic hydroxyl groups is 1. The van der Waals surface area contributed by atoms with Crippen molar-refractivity contribution in [3.63, 3.8) is 0 Å². The molecule has 0 aromatic carbocycles. The molecule has 1 aliphatic rings. The summed E-state index contributed by atoms with van der Waals surface area (Å²) in [5.41, 5.74) is -0.631. The zero-order valence-corrected chi connectivity index (χ0v) is 10.3. The average molecular weight is 245 g/mol. The average Bonchev–Trinajstić information content (AvgIpc) is 2.60. The third-order valence-electron chi connectivity index (χ3n) is 3.01. The van der Waals surface area contributed by atoms with Crippen molar-refractivity contribution >= 4 is 12.1 Å². The molecule has 1 unspecified atom stereocenters. The molecular weight excluding hydrogens is 226 g/mol. The van der Waals surface area contributed by atoms with Crippen LogP contribution >= 0.6 is 0 Å². The van der Waals surface area contributed by atoms with E-state index in [0.29, 0.717) is 6.42 Å². The van der Waals surface area contributed by atoms with Crippen LogP contribution in [0.4, 0.5) is 4.79 Å². The quantitative estimate of drug-likeness (QED) is 0.769. The molecule has 1 heterocycles. The van der Waals surface area contributed by atoms with Crippen molar-refractivity contribution in [2.75, 3.05) is 6.54 Å². The number of hydrogen-bond donors (Lipinski definition) is 2. The molecule has 6 nitrogen and oxygen atoms in total. The van der Waals surface area contributed by atoms with Gasteiger partial charge in [0.15, 0.2) is 0 Å². The van der Waals surface area contributed by atoms with E-state index in [1.54, 1.807) is 13.8 Å². The Bertz CT molecular complexity index is 315. The maximum atomic E-state index is 11.8. The molecule has 1 aliphatic heterocycles. The fourth-order valence-corrected chi connectivity index (χ4v) is 1.62. The number of amides is 1. The molecule has 0 aromatic rings. The minimum absolute atomic E-state index is 0.00952. The van der Waals surface area contributed by atoms with Crippen molar-refractivity contribution in [3.8, 4) is 0 Å². The molecule has 0 bridgehead atoms. The van der Waals surface area contributed by atoms with Crippen molar-refractivity contribution in [3.05, 3.63) is 0 Å². The third-order valence-corrected chi connectivity index (χ3v) is 3.01. The van der Waals surface area contributed by atoms with Crippen LogP contribution in [0.3, 0.4) is 0 Å². The number of carboxylic acid groups (broad SMARTS) is 1. The second-order valence-corrected chi connectivity index (χ2v) is 4.88. The second kappa shape index (κ2) is 4.91. The summed E-state index contributed by atoms with van der Waals surface area (Å²) in [5.74, 6) is -1.12. The van der Waals surface area contributed by atoms with Crippen LogP contribution in [0.2, 0.25) is 0 Å². The number of aliphatic carboxylic acids is 1. The van der Waals surface area contributed by atoms with E-state index in [-0.39, 0.29) is 13.0 Å². The van der Waals surface area contributed by atoms with E-state index in [2.05, 4.69) is 0 Å². The summed E-state index contributed by atoms with van der Waals surface area (Å²) >= 11 is 0. The highest BCUT2D eigenvalue weighted by atomic mass is 16.6. The topological polar surface area (TPSA) is 87.1 Å². The van der Waals surface area contributed by atoms with E-state index in [4.69, 9.17) is 9.84 Å². The highest BCUT2D eigenvalue weighted by molar-refractivity contribution is 5.81. The van der Waals surface area contributed by atoms with Crippen LogP contribution in [0.15, 0.2) is 0 Å². The number of likely N-dealkylation sites (tertiary alicyclic amines) is 1. The van der Waals surface area contributed by atoms with Crippen LogP contribution in [0.5, 0.6) is 0 Å². The molecule has 1 amide bonds. The number of β-amino-alcohol motifs (C(OH)–C–C–N with tert-alkyl or cyclic N) is 1. The second-order valence-electron chi connectivity index (χ2n) is 4.88. The summed E-state index contributed by atoms with van der Waals surface area (Å²) in [5, 5.41) is 18.4. The van der Waals surface area contributed by atoms with Crippen molar-refractivity contribution < 1.29 is 24.5 Å².